The standard InChI is InChI=1S/C19H19ClO/c1-19(2,3)15-11-8-14(9-12-15)10-13-18(21)16-6-4-5-7-17(16)20/h4-13H,1-3H3. The average molecular weight is 299 g/mol. The van der Waals surface area contributed by atoms with Gasteiger partial charge in [-0.15, -0.1) is 0 Å². The Hall–Kier alpha value is -1.86. The fourth-order valence-corrected chi connectivity index (χ4v) is 2.25. The summed E-state index contributed by atoms with van der Waals surface area (Å²) < 4.78 is 0. The maximum absolute atomic E-state index is 12.1. The third-order valence-corrected chi connectivity index (χ3v) is 3.67. The van der Waals surface area contributed by atoms with E-state index in [4.69, 9.17) is 11.6 Å². The van der Waals surface area contributed by atoms with Crippen molar-refractivity contribution in [2.45, 2.75) is 26.2 Å². The third-order valence-electron chi connectivity index (χ3n) is 3.34. The van der Waals surface area contributed by atoms with E-state index in [2.05, 4.69) is 32.9 Å². The molecule has 108 valence electrons. The van der Waals surface area contributed by atoms with Crippen molar-refractivity contribution in [2.75, 3.05) is 0 Å². The molecule has 0 N–H and O–H groups in total. The number of ketones is 1. The molecule has 0 spiro atoms. The van der Waals surface area contributed by atoms with Crippen LogP contribution in [0.25, 0.3) is 6.08 Å². The molecule has 0 saturated carbocycles. The number of allylic oxidation sites excluding steroid dienone is 1. The van der Waals surface area contributed by atoms with Gasteiger partial charge in [0.05, 0.1) is 5.02 Å². The minimum absolute atomic E-state index is 0.0829. The van der Waals surface area contributed by atoms with Gasteiger partial charge >= 0.3 is 0 Å². The van der Waals surface area contributed by atoms with Gasteiger partial charge in [0.15, 0.2) is 5.78 Å². The Morgan fingerprint density at radius 2 is 1.62 bits per heavy atom. The monoisotopic (exact) mass is 298 g/mol. The molecule has 2 aromatic rings. The molecule has 2 heteroatoms. The topological polar surface area (TPSA) is 17.1 Å². The molecule has 0 bridgehead atoms. The van der Waals surface area contributed by atoms with Crippen LogP contribution in [0.4, 0.5) is 0 Å². The van der Waals surface area contributed by atoms with Crippen molar-refractivity contribution in [2.24, 2.45) is 0 Å². The van der Waals surface area contributed by atoms with Crippen LogP contribution in [-0.4, -0.2) is 5.78 Å². The highest BCUT2D eigenvalue weighted by molar-refractivity contribution is 6.34. The number of halogens is 1. The van der Waals surface area contributed by atoms with Gasteiger partial charge in [0.2, 0.25) is 0 Å². The Labute approximate surface area is 131 Å². The van der Waals surface area contributed by atoms with E-state index in [1.165, 1.54) is 5.56 Å². The van der Waals surface area contributed by atoms with E-state index in [1.807, 2.05) is 30.3 Å². The fraction of sp³-hybridized carbons (Fsp3) is 0.211. The highest BCUT2D eigenvalue weighted by atomic mass is 35.5. The van der Waals surface area contributed by atoms with E-state index in [1.54, 1.807) is 18.2 Å². The quantitative estimate of drug-likeness (QED) is 0.537. The normalized spacial score (nSPS) is 11.8. The third kappa shape index (κ3) is 4.05. The van der Waals surface area contributed by atoms with Gasteiger partial charge in [0.25, 0.3) is 0 Å². The zero-order chi connectivity index (χ0) is 15.5. The molecule has 0 aromatic heterocycles. The molecule has 0 aliphatic rings. The fourth-order valence-electron chi connectivity index (χ4n) is 2.02. The smallest absolute Gasteiger partial charge is 0.187 e. The molecule has 0 saturated heterocycles. The number of benzene rings is 2. The summed E-state index contributed by atoms with van der Waals surface area (Å²) in [6, 6.07) is 15.3. The van der Waals surface area contributed by atoms with Gasteiger partial charge in [-0.25, -0.2) is 0 Å². The van der Waals surface area contributed by atoms with Crippen molar-refractivity contribution in [3.05, 3.63) is 76.3 Å². The van der Waals surface area contributed by atoms with Crippen LogP contribution in [0.3, 0.4) is 0 Å². The molecule has 0 atom stereocenters. The summed E-state index contributed by atoms with van der Waals surface area (Å²) in [6.45, 7) is 6.54. The van der Waals surface area contributed by atoms with Crippen LogP contribution >= 0.6 is 11.6 Å². The predicted octanol–water partition coefficient (Wildman–Crippen LogP) is 5.53. The number of hydrogen-bond donors (Lipinski definition) is 0. The minimum Gasteiger partial charge on any atom is -0.289 e. The summed E-state index contributed by atoms with van der Waals surface area (Å²) in [6.07, 6.45) is 3.38. The van der Waals surface area contributed by atoms with Crippen molar-refractivity contribution in [3.8, 4) is 0 Å². The molecule has 0 unspecified atom stereocenters. The second kappa shape index (κ2) is 6.28. The highest BCUT2D eigenvalue weighted by Gasteiger charge is 2.12. The number of carbonyl (C=O) groups excluding carboxylic acids is 1. The van der Waals surface area contributed by atoms with Crippen LogP contribution in [0.1, 0.15) is 42.3 Å². The maximum Gasteiger partial charge on any atom is 0.187 e. The van der Waals surface area contributed by atoms with Crippen LogP contribution < -0.4 is 0 Å². The van der Waals surface area contributed by atoms with E-state index < -0.39 is 0 Å². The van der Waals surface area contributed by atoms with Crippen LogP contribution in [0.15, 0.2) is 54.6 Å². The number of carbonyl (C=O) groups is 1. The van der Waals surface area contributed by atoms with Crippen molar-refractivity contribution >= 4 is 23.5 Å². The highest BCUT2D eigenvalue weighted by Crippen LogP contribution is 2.22. The molecule has 0 heterocycles. The Balaban J connectivity index is 2.15. The Kier molecular flexibility index (Phi) is 4.64. The van der Waals surface area contributed by atoms with Crippen LogP contribution in [0.5, 0.6) is 0 Å². The second-order valence-electron chi connectivity index (χ2n) is 6.05. The molecule has 21 heavy (non-hydrogen) atoms. The lowest BCUT2D eigenvalue weighted by Gasteiger charge is -2.18. The summed E-state index contributed by atoms with van der Waals surface area (Å²) in [5.74, 6) is -0.0829. The summed E-state index contributed by atoms with van der Waals surface area (Å²) in [5.41, 5.74) is 2.94. The average Bonchev–Trinajstić information content (AvgIpc) is 2.45. The predicted molar refractivity (Wildman–Crippen MR) is 90.0 cm³/mol. The lowest BCUT2D eigenvalue weighted by molar-refractivity contribution is 0.104. The molecule has 0 aliphatic carbocycles. The van der Waals surface area contributed by atoms with Crippen molar-refractivity contribution in [3.63, 3.8) is 0 Å². The van der Waals surface area contributed by atoms with Gasteiger partial charge < -0.3 is 0 Å². The molecule has 0 amide bonds. The molecule has 2 rings (SSSR count). The minimum atomic E-state index is -0.0829. The lowest BCUT2D eigenvalue weighted by Crippen LogP contribution is -2.10. The first-order valence-electron chi connectivity index (χ1n) is 6.95. The van der Waals surface area contributed by atoms with Crippen molar-refractivity contribution in [1.29, 1.82) is 0 Å². The van der Waals surface area contributed by atoms with Crippen LogP contribution in [0.2, 0.25) is 5.02 Å². The summed E-state index contributed by atoms with van der Waals surface area (Å²) in [4.78, 5) is 12.1. The van der Waals surface area contributed by atoms with E-state index in [-0.39, 0.29) is 11.2 Å². The van der Waals surface area contributed by atoms with Gasteiger partial charge in [0.1, 0.15) is 0 Å². The zero-order valence-corrected chi connectivity index (χ0v) is 13.3. The maximum atomic E-state index is 12.1. The molecule has 0 aliphatic heterocycles. The van der Waals surface area contributed by atoms with E-state index >= 15 is 0 Å². The Morgan fingerprint density at radius 3 is 2.19 bits per heavy atom. The Morgan fingerprint density at radius 1 is 1.00 bits per heavy atom. The van der Waals surface area contributed by atoms with Gasteiger partial charge in [-0.2, -0.15) is 0 Å². The summed E-state index contributed by atoms with van der Waals surface area (Å²) >= 11 is 6.02. The number of hydrogen-bond acceptors (Lipinski definition) is 1. The summed E-state index contributed by atoms with van der Waals surface area (Å²) in [7, 11) is 0. The summed E-state index contributed by atoms with van der Waals surface area (Å²) in [5, 5.41) is 0.482. The second-order valence-corrected chi connectivity index (χ2v) is 6.46. The van der Waals surface area contributed by atoms with E-state index in [0.717, 1.165) is 5.56 Å². The lowest BCUT2D eigenvalue weighted by atomic mass is 9.87. The van der Waals surface area contributed by atoms with Crippen molar-refractivity contribution < 1.29 is 4.79 Å². The SMILES string of the molecule is CC(C)(C)c1ccc(C=CC(=O)c2ccccc2Cl)cc1. The van der Waals surface area contributed by atoms with Crippen LogP contribution in [-0.2, 0) is 5.41 Å². The first kappa shape index (κ1) is 15.5. The van der Waals surface area contributed by atoms with Crippen LogP contribution in [0, 0.1) is 0 Å². The van der Waals surface area contributed by atoms with E-state index in [0.29, 0.717) is 10.6 Å². The van der Waals surface area contributed by atoms with Gasteiger partial charge in [0, 0.05) is 5.56 Å². The van der Waals surface area contributed by atoms with Gasteiger partial charge in [-0.1, -0.05) is 74.8 Å². The van der Waals surface area contributed by atoms with Gasteiger partial charge in [-0.3, -0.25) is 4.79 Å². The molecule has 0 radical (unpaired) electrons. The van der Waals surface area contributed by atoms with Gasteiger partial charge in [-0.05, 0) is 34.8 Å². The number of rotatable bonds is 3. The first-order chi connectivity index (χ1) is 9.88. The van der Waals surface area contributed by atoms with E-state index in [9.17, 15) is 4.79 Å². The zero-order valence-electron chi connectivity index (χ0n) is 12.6. The molecular weight excluding hydrogens is 280 g/mol. The molecule has 1 nitrogen and oxygen atoms in total. The molecular formula is C19H19ClO. The molecule has 2 aromatic carbocycles. The molecule has 0 fully saturated rings. The largest absolute Gasteiger partial charge is 0.289 e. The Bertz CT molecular complexity index is 661. The first-order valence-corrected chi connectivity index (χ1v) is 7.33. The van der Waals surface area contributed by atoms with Crippen molar-refractivity contribution in [1.82, 2.24) is 0 Å².